The molecule has 0 aliphatic heterocycles. The number of halogens is 4. The number of hydrogen-bond donors (Lipinski definition) is 6. The number of amides is 4. The summed E-state index contributed by atoms with van der Waals surface area (Å²) >= 11 is 26.7. The molecule has 4 aromatic heterocycles. The highest BCUT2D eigenvalue weighted by molar-refractivity contribution is 7.11. The molecule has 21 nitrogen and oxygen atoms in total. The van der Waals surface area contributed by atoms with Gasteiger partial charge in [0.2, 0.25) is 0 Å². The average molecular weight is 1530 g/mol. The predicted molar refractivity (Wildman–Crippen MR) is 395 cm³/mol. The van der Waals surface area contributed by atoms with E-state index in [1.807, 2.05) is 52.0 Å². The maximum atomic E-state index is 12.3. The zero-order chi connectivity index (χ0) is 73.5. The minimum absolute atomic E-state index is 0.0417. The second kappa shape index (κ2) is 29.5. The maximum absolute atomic E-state index is 12.3. The van der Waals surface area contributed by atoms with Crippen molar-refractivity contribution in [3.63, 3.8) is 0 Å². The number of carbonyl (C=O) groups excluding carboxylic acids is 8. The highest BCUT2D eigenvalue weighted by Gasteiger charge is 2.71. The third-order valence-electron chi connectivity index (χ3n) is 21.4. The topological polar surface area (TPSA) is 292 Å². The normalized spacial score (nSPS) is 25.8. The van der Waals surface area contributed by atoms with Gasteiger partial charge in [0.25, 0.3) is 23.6 Å². The van der Waals surface area contributed by atoms with Crippen LogP contribution in [-0.2, 0) is 19.2 Å². The molecule has 8 bridgehead atoms. The first kappa shape index (κ1) is 73.8. The van der Waals surface area contributed by atoms with E-state index in [1.54, 1.807) is 95.7 Å². The third-order valence-corrected chi connectivity index (χ3v) is 24.5. The Kier molecular flexibility index (Phi) is 20.9. The van der Waals surface area contributed by atoms with E-state index in [2.05, 4.69) is 46.4 Å². The number of hydrogen-bond acceptors (Lipinski definition) is 17. The number of thiazole rings is 2. The number of ketones is 4. The van der Waals surface area contributed by atoms with Crippen LogP contribution in [0.2, 0.25) is 20.1 Å². The molecule has 4 aromatic carbocycles. The standard InChI is InChI=1S/C20H21ClN2O3.C19H20ClN3O3.2C19H19ClN2O3S/c1-13-7-15(4-5-16(13)21)26-9-14(24)8-19-10-20(11-19,12-19)23-18(25)17-3-2-6-22-17;1-12-4-15(2-3-16(12)20)26-8-14(24)5-18-9-19(10-18,11-18)23-17(25)13-6-21-22-7-13;1-12-4-14(2-3-15(12)20)25-7-13(23)5-18-8-19(9-18,10-18)22-17(24)16-6-21-11-26-16;1-12-4-14(2-3-15(12)20)25-6-13(23)5-18-8-19(9-18,10-18)22-17(24)16-7-26-11-21-16/h2-7,22H,8-12H2,1H3,(H,23,25);2-4,6-7H,5,8-11H2,1H3,(H,21,22)(H,23,25);2-4,6,11H,5,7-10H2,1H3,(H,22,24);2-4,7,11H,5-6,8-10H2,1H3,(H,22,24). The highest BCUT2D eigenvalue weighted by Crippen LogP contribution is 2.71. The van der Waals surface area contributed by atoms with E-state index in [0.717, 1.165) is 99.3 Å². The van der Waals surface area contributed by atoms with E-state index < -0.39 is 0 Å². The average Bonchev–Trinajstić information content (AvgIpc) is 0.712. The largest absolute Gasteiger partial charge is 0.486 e. The molecule has 8 aromatic rings. The number of aromatic nitrogens is 5. The minimum Gasteiger partial charge on any atom is -0.486 e. The Labute approximate surface area is 629 Å². The van der Waals surface area contributed by atoms with Gasteiger partial charge >= 0.3 is 0 Å². The van der Waals surface area contributed by atoms with Gasteiger partial charge in [-0.2, -0.15) is 5.10 Å². The molecule has 0 unspecified atom stereocenters. The summed E-state index contributed by atoms with van der Waals surface area (Å²) in [5, 5.41) is 23.3. The second-order valence-electron chi connectivity index (χ2n) is 30.5. The van der Waals surface area contributed by atoms with Crippen molar-refractivity contribution in [2.75, 3.05) is 26.4 Å². The van der Waals surface area contributed by atoms with Crippen molar-refractivity contribution in [2.24, 2.45) is 21.7 Å². The summed E-state index contributed by atoms with van der Waals surface area (Å²) in [4.78, 5) is 109. The van der Waals surface area contributed by atoms with Gasteiger partial charge in [-0.05, 0) is 234 Å². The lowest BCUT2D eigenvalue weighted by molar-refractivity contribution is -0.163. The molecule has 20 rings (SSSR count). The third kappa shape index (κ3) is 16.6. The van der Waals surface area contributed by atoms with Crippen LogP contribution in [0.3, 0.4) is 0 Å². The predicted octanol–water partition coefficient (Wildman–Crippen LogP) is 14.3. The Balaban J connectivity index is 0.000000123. The number of H-pyrrole nitrogens is 2. The Morgan fingerprint density at radius 2 is 0.827 bits per heavy atom. The molecule has 544 valence electrons. The quantitative estimate of drug-likeness (QED) is 0.0266. The van der Waals surface area contributed by atoms with Crippen LogP contribution in [0.4, 0.5) is 0 Å². The fourth-order valence-electron chi connectivity index (χ4n) is 17.4. The molecular formula is C77H79Cl4N9O12S2. The Morgan fingerprint density at radius 1 is 0.462 bits per heavy atom. The number of aryl methyl sites for hydroxylation is 4. The minimum atomic E-state index is -0.136. The first-order chi connectivity index (χ1) is 49.5. The lowest BCUT2D eigenvalue weighted by Gasteiger charge is -2.70. The van der Waals surface area contributed by atoms with Gasteiger partial charge in [0.05, 0.1) is 29.0 Å². The van der Waals surface area contributed by atoms with Crippen LogP contribution in [0.1, 0.15) is 166 Å². The van der Waals surface area contributed by atoms with Crippen LogP contribution >= 0.6 is 69.1 Å². The van der Waals surface area contributed by atoms with Crippen molar-refractivity contribution in [3.05, 3.63) is 190 Å². The van der Waals surface area contributed by atoms with E-state index in [-0.39, 0.29) is 117 Å². The van der Waals surface area contributed by atoms with Crippen LogP contribution < -0.4 is 40.2 Å². The van der Waals surface area contributed by atoms with Crippen LogP contribution in [0.15, 0.2) is 126 Å². The number of carbonyl (C=O) groups is 8. The summed E-state index contributed by atoms with van der Waals surface area (Å²) in [6, 6.07) is 25.1. The molecule has 12 aliphatic rings. The number of nitrogens with one attached hydrogen (secondary N) is 6. The summed E-state index contributed by atoms with van der Waals surface area (Å²) in [6.45, 7) is 7.89. The zero-order valence-electron chi connectivity index (χ0n) is 57.8. The molecule has 12 saturated carbocycles. The SMILES string of the molecule is Cc1cc(OCC(=O)CC23CC(NC(=O)c4ccc[nH]4)(C2)C3)ccc1Cl.Cc1cc(OCC(=O)CC23CC(NC(=O)c4cn[nH]c4)(C2)C3)ccc1Cl.Cc1cc(OCC(=O)CC23CC(NC(=O)c4cncs4)(C2)C3)ccc1Cl.Cc1cc(OCC(=O)CC23CC(NC(=O)c4cscn4)(C2)C3)ccc1Cl. The van der Waals surface area contributed by atoms with Crippen molar-refractivity contribution in [2.45, 2.75) is 153 Å². The van der Waals surface area contributed by atoms with Crippen LogP contribution in [-0.4, -0.2) is 120 Å². The van der Waals surface area contributed by atoms with E-state index in [4.69, 9.17) is 65.4 Å². The van der Waals surface area contributed by atoms with Gasteiger partial charge < -0.3 is 45.2 Å². The van der Waals surface area contributed by atoms with Crippen LogP contribution in [0, 0.1) is 49.4 Å². The molecule has 4 heterocycles. The zero-order valence-corrected chi connectivity index (χ0v) is 62.5. The summed E-state index contributed by atoms with van der Waals surface area (Å²) in [6.07, 6.45) is 18.8. The molecule has 0 atom stereocenters. The van der Waals surface area contributed by atoms with Crippen LogP contribution in [0.5, 0.6) is 23.0 Å². The Morgan fingerprint density at radius 3 is 1.13 bits per heavy atom. The number of benzene rings is 4. The molecule has 0 saturated heterocycles. The molecule has 0 radical (unpaired) electrons. The van der Waals surface area contributed by atoms with E-state index in [9.17, 15) is 38.4 Å². The van der Waals surface area contributed by atoms with E-state index in [0.29, 0.717) is 90.6 Å². The van der Waals surface area contributed by atoms with Gasteiger partial charge in [-0.15, -0.1) is 22.7 Å². The lowest BCUT2D eigenvalue weighted by Crippen LogP contribution is -2.75. The molecule has 12 fully saturated rings. The van der Waals surface area contributed by atoms with Gasteiger partial charge in [0, 0.05) is 85.7 Å². The summed E-state index contributed by atoms with van der Waals surface area (Å²) < 4.78 is 22.4. The van der Waals surface area contributed by atoms with Crippen molar-refractivity contribution >= 4 is 116 Å². The highest BCUT2D eigenvalue weighted by atomic mass is 35.5. The number of aromatic amines is 2. The summed E-state index contributed by atoms with van der Waals surface area (Å²) in [7, 11) is 0. The van der Waals surface area contributed by atoms with Crippen molar-refractivity contribution in [3.8, 4) is 23.0 Å². The number of nitrogens with zero attached hydrogens (tertiary/aromatic N) is 3. The first-order valence-corrected chi connectivity index (χ1v) is 37.7. The van der Waals surface area contributed by atoms with Gasteiger partial charge in [0.1, 0.15) is 65.7 Å². The molecule has 4 amide bonds. The monoisotopic (exact) mass is 1530 g/mol. The van der Waals surface area contributed by atoms with Gasteiger partial charge in [-0.3, -0.25) is 48.4 Å². The molecular weight excluding hydrogens is 1450 g/mol. The molecule has 6 N–H and O–H groups in total. The Bertz CT molecular complexity index is 3950. The first-order valence-electron chi connectivity index (χ1n) is 34.4. The molecule has 27 heteroatoms. The van der Waals surface area contributed by atoms with Crippen molar-refractivity contribution < 1.29 is 57.3 Å². The number of ether oxygens (including phenoxy) is 4. The van der Waals surface area contributed by atoms with Crippen LogP contribution in [0.25, 0.3) is 0 Å². The second-order valence-corrected chi connectivity index (χ2v) is 33.8. The van der Waals surface area contributed by atoms with Gasteiger partial charge in [-0.25, -0.2) is 4.98 Å². The Hall–Kier alpha value is -8.45. The molecule has 104 heavy (non-hydrogen) atoms. The van der Waals surface area contributed by atoms with E-state index >= 15 is 0 Å². The van der Waals surface area contributed by atoms with E-state index in [1.165, 1.54) is 28.9 Å². The smallest absolute Gasteiger partial charge is 0.271 e. The van der Waals surface area contributed by atoms with Gasteiger partial charge in [-0.1, -0.05) is 46.4 Å². The lowest BCUT2D eigenvalue weighted by atomic mass is 9.38. The maximum Gasteiger partial charge on any atom is 0.271 e. The number of Topliss-reactive ketones (excluding diaryl/α,β-unsaturated/α-hetero) is 4. The molecule has 0 spiro atoms. The fraction of sp³-hybridized carbons (Fsp3) is 0.416. The summed E-state index contributed by atoms with van der Waals surface area (Å²) in [5.41, 5.74) is 8.28. The summed E-state index contributed by atoms with van der Waals surface area (Å²) in [5.74, 6) is 2.65. The van der Waals surface area contributed by atoms with Crippen molar-refractivity contribution in [1.29, 1.82) is 0 Å². The molecule has 12 aliphatic carbocycles. The van der Waals surface area contributed by atoms with Crippen molar-refractivity contribution in [1.82, 2.24) is 46.4 Å². The van der Waals surface area contributed by atoms with Gasteiger partial charge in [0.15, 0.2) is 23.1 Å². The fourth-order valence-corrected chi connectivity index (χ4v) is 18.9. The number of rotatable bonds is 28.